The smallest absolute Gasteiger partial charge is 0.268 e. The summed E-state index contributed by atoms with van der Waals surface area (Å²) in [6, 6.07) is 14.2. The van der Waals surface area contributed by atoms with Crippen molar-refractivity contribution in [1.29, 1.82) is 0 Å². The van der Waals surface area contributed by atoms with Gasteiger partial charge in [0.1, 0.15) is 18.1 Å². The van der Waals surface area contributed by atoms with Gasteiger partial charge in [-0.3, -0.25) is 19.4 Å². The molecule has 176 valence electrons. The Morgan fingerprint density at radius 3 is 2.48 bits per heavy atom. The van der Waals surface area contributed by atoms with Crippen LogP contribution in [0.2, 0.25) is 0 Å². The molecule has 1 fully saturated rings. The highest BCUT2D eigenvalue weighted by molar-refractivity contribution is 6.03. The lowest BCUT2D eigenvalue weighted by Gasteiger charge is -2.36. The molecule has 1 saturated heterocycles. The number of anilines is 2. The van der Waals surface area contributed by atoms with E-state index in [-0.39, 0.29) is 24.2 Å². The van der Waals surface area contributed by atoms with Crippen LogP contribution in [0.1, 0.15) is 19.8 Å². The SMILES string of the molecule is CCC1Oc2ccccc2N(CC(=O)NCCCN2CCN(c3ccccc3F)CC2)C1=O. The number of halogens is 1. The number of nitrogens with zero attached hydrogens (tertiary/aromatic N) is 3. The van der Waals surface area contributed by atoms with Gasteiger partial charge in [0.25, 0.3) is 5.91 Å². The van der Waals surface area contributed by atoms with Gasteiger partial charge in [-0.05, 0) is 43.7 Å². The van der Waals surface area contributed by atoms with Crippen LogP contribution in [0.4, 0.5) is 15.8 Å². The van der Waals surface area contributed by atoms with E-state index in [2.05, 4.69) is 15.1 Å². The van der Waals surface area contributed by atoms with E-state index in [4.69, 9.17) is 4.74 Å². The molecule has 2 aliphatic rings. The van der Waals surface area contributed by atoms with Crippen molar-refractivity contribution in [3.05, 3.63) is 54.3 Å². The Hall–Kier alpha value is -3.13. The molecule has 0 bridgehead atoms. The Labute approximate surface area is 194 Å². The first-order valence-electron chi connectivity index (χ1n) is 11.6. The van der Waals surface area contributed by atoms with Crippen LogP contribution in [0.15, 0.2) is 48.5 Å². The van der Waals surface area contributed by atoms with E-state index in [1.165, 1.54) is 11.0 Å². The highest BCUT2D eigenvalue weighted by Crippen LogP contribution is 2.34. The molecule has 1 atom stereocenters. The molecule has 1 unspecified atom stereocenters. The molecule has 7 nitrogen and oxygen atoms in total. The van der Waals surface area contributed by atoms with E-state index < -0.39 is 6.10 Å². The summed E-state index contributed by atoms with van der Waals surface area (Å²) in [5.74, 6) is 0.0879. The second-order valence-corrected chi connectivity index (χ2v) is 8.39. The third-order valence-electron chi connectivity index (χ3n) is 6.18. The Bertz CT molecular complexity index is 978. The van der Waals surface area contributed by atoms with E-state index in [0.717, 1.165) is 39.1 Å². The Morgan fingerprint density at radius 1 is 1.06 bits per heavy atom. The van der Waals surface area contributed by atoms with Crippen molar-refractivity contribution in [2.45, 2.75) is 25.9 Å². The van der Waals surface area contributed by atoms with Gasteiger partial charge in [0.05, 0.1) is 11.4 Å². The third-order valence-corrected chi connectivity index (χ3v) is 6.18. The Morgan fingerprint density at radius 2 is 1.76 bits per heavy atom. The maximum atomic E-state index is 14.0. The number of para-hydroxylation sites is 3. The number of carbonyl (C=O) groups excluding carboxylic acids is 2. The van der Waals surface area contributed by atoms with Crippen molar-refractivity contribution < 1.29 is 18.7 Å². The number of rotatable bonds is 8. The minimum Gasteiger partial charge on any atom is -0.478 e. The van der Waals surface area contributed by atoms with Crippen LogP contribution in [0.5, 0.6) is 5.75 Å². The first-order valence-corrected chi connectivity index (χ1v) is 11.6. The van der Waals surface area contributed by atoms with Crippen molar-refractivity contribution in [3.8, 4) is 5.75 Å². The van der Waals surface area contributed by atoms with E-state index in [1.807, 2.05) is 37.3 Å². The summed E-state index contributed by atoms with van der Waals surface area (Å²) >= 11 is 0. The summed E-state index contributed by atoms with van der Waals surface area (Å²) in [5, 5.41) is 2.94. The summed E-state index contributed by atoms with van der Waals surface area (Å²) in [4.78, 5) is 31.2. The van der Waals surface area contributed by atoms with Crippen molar-refractivity contribution in [3.63, 3.8) is 0 Å². The van der Waals surface area contributed by atoms with E-state index in [0.29, 0.717) is 30.1 Å². The zero-order chi connectivity index (χ0) is 23.2. The van der Waals surface area contributed by atoms with Crippen LogP contribution in [-0.2, 0) is 9.59 Å². The fourth-order valence-electron chi connectivity index (χ4n) is 4.35. The Kier molecular flexibility index (Phi) is 7.44. The van der Waals surface area contributed by atoms with Crippen LogP contribution in [0.3, 0.4) is 0 Å². The highest BCUT2D eigenvalue weighted by atomic mass is 19.1. The van der Waals surface area contributed by atoms with Crippen LogP contribution in [0, 0.1) is 5.82 Å². The standard InChI is InChI=1S/C25H31FN4O3/c1-2-22-25(32)30(21-10-5-6-11-23(21)33-22)18-24(31)27-12-7-13-28-14-16-29(17-15-28)20-9-4-3-8-19(20)26/h3-6,8-11,22H,2,7,12-18H2,1H3,(H,27,31). The summed E-state index contributed by atoms with van der Waals surface area (Å²) in [7, 11) is 0. The zero-order valence-electron chi connectivity index (χ0n) is 19.0. The van der Waals surface area contributed by atoms with Gasteiger partial charge < -0.3 is 15.0 Å². The van der Waals surface area contributed by atoms with E-state index in [9.17, 15) is 14.0 Å². The number of fused-ring (bicyclic) bond motifs is 1. The number of benzene rings is 2. The molecule has 2 aliphatic heterocycles. The minimum atomic E-state index is -0.560. The van der Waals surface area contributed by atoms with Crippen LogP contribution >= 0.6 is 0 Å². The molecular weight excluding hydrogens is 423 g/mol. The molecule has 8 heteroatoms. The van der Waals surface area contributed by atoms with Gasteiger partial charge in [-0.15, -0.1) is 0 Å². The molecule has 2 amide bonds. The predicted molar refractivity (Wildman–Crippen MR) is 126 cm³/mol. The number of carbonyl (C=O) groups is 2. The second kappa shape index (κ2) is 10.7. The van der Waals surface area contributed by atoms with Crippen LogP contribution < -0.4 is 19.9 Å². The van der Waals surface area contributed by atoms with Crippen molar-refractivity contribution in [1.82, 2.24) is 10.2 Å². The summed E-state index contributed by atoms with van der Waals surface area (Å²) < 4.78 is 19.7. The van der Waals surface area contributed by atoms with Crippen LogP contribution in [0.25, 0.3) is 0 Å². The monoisotopic (exact) mass is 454 g/mol. The average molecular weight is 455 g/mol. The molecule has 0 aromatic heterocycles. The Balaban J connectivity index is 1.20. The van der Waals surface area contributed by atoms with Gasteiger partial charge in [-0.1, -0.05) is 31.2 Å². The number of amides is 2. The van der Waals surface area contributed by atoms with Crippen LogP contribution in [-0.4, -0.2) is 68.6 Å². The number of hydrogen-bond donors (Lipinski definition) is 1. The van der Waals surface area contributed by atoms with Gasteiger partial charge in [-0.2, -0.15) is 0 Å². The largest absolute Gasteiger partial charge is 0.478 e. The third kappa shape index (κ3) is 5.45. The van der Waals surface area contributed by atoms with Gasteiger partial charge >= 0.3 is 0 Å². The van der Waals surface area contributed by atoms with Gasteiger partial charge in [0.15, 0.2) is 6.10 Å². The lowest BCUT2D eigenvalue weighted by atomic mass is 10.1. The fraction of sp³-hybridized carbons (Fsp3) is 0.440. The minimum absolute atomic E-state index is 0.0168. The van der Waals surface area contributed by atoms with E-state index in [1.54, 1.807) is 12.1 Å². The number of ether oxygens (including phenoxy) is 1. The molecule has 2 aromatic rings. The van der Waals surface area contributed by atoms with Crippen molar-refractivity contribution in [2.75, 3.05) is 55.6 Å². The summed E-state index contributed by atoms with van der Waals surface area (Å²) in [6.45, 7) is 6.57. The molecule has 2 heterocycles. The van der Waals surface area contributed by atoms with E-state index >= 15 is 0 Å². The number of piperazine rings is 1. The maximum Gasteiger partial charge on any atom is 0.268 e. The molecule has 1 N–H and O–H groups in total. The zero-order valence-corrected chi connectivity index (χ0v) is 19.0. The highest BCUT2D eigenvalue weighted by Gasteiger charge is 2.34. The second-order valence-electron chi connectivity index (χ2n) is 8.39. The normalized spacial score (nSPS) is 18.6. The molecule has 0 radical (unpaired) electrons. The maximum absolute atomic E-state index is 14.0. The molecular formula is C25H31FN4O3. The molecule has 0 spiro atoms. The van der Waals surface area contributed by atoms with Gasteiger partial charge in [-0.25, -0.2) is 4.39 Å². The van der Waals surface area contributed by atoms with Crippen molar-refractivity contribution in [2.24, 2.45) is 0 Å². The number of hydrogen-bond acceptors (Lipinski definition) is 5. The predicted octanol–water partition coefficient (Wildman–Crippen LogP) is 2.66. The lowest BCUT2D eigenvalue weighted by molar-refractivity contribution is -0.129. The average Bonchev–Trinajstić information content (AvgIpc) is 2.84. The first kappa shape index (κ1) is 23.0. The molecule has 4 rings (SSSR count). The molecule has 33 heavy (non-hydrogen) atoms. The van der Waals surface area contributed by atoms with Gasteiger partial charge in [0, 0.05) is 32.7 Å². The fourth-order valence-corrected chi connectivity index (χ4v) is 4.35. The molecule has 0 saturated carbocycles. The lowest BCUT2D eigenvalue weighted by Crippen LogP contribution is -2.50. The molecule has 2 aromatic carbocycles. The molecule has 0 aliphatic carbocycles. The quantitative estimate of drug-likeness (QED) is 0.622. The van der Waals surface area contributed by atoms with Crippen molar-refractivity contribution >= 4 is 23.2 Å². The van der Waals surface area contributed by atoms with Gasteiger partial charge in [0.2, 0.25) is 5.91 Å². The first-order chi connectivity index (χ1) is 16.1. The summed E-state index contributed by atoms with van der Waals surface area (Å²) in [6.07, 6.45) is 0.808. The topological polar surface area (TPSA) is 65.1 Å². The summed E-state index contributed by atoms with van der Waals surface area (Å²) in [5.41, 5.74) is 1.30. The number of nitrogens with one attached hydrogen (secondary N) is 1.